The molecule has 2 N–H and O–H groups in total. The number of thiol groups is 1. The highest BCUT2D eigenvalue weighted by molar-refractivity contribution is 7.80. The average molecular weight is 310 g/mol. The van der Waals surface area contributed by atoms with Crippen molar-refractivity contribution in [3.8, 4) is 0 Å². The molecule has 1 aromatic heterocycles. The van der Waals surface area contributed by atoms with Gasteiger partial charge in [0.25, 0.3) is 5.91 Å². The second-order valence-electron chi connectivity index (χ2n) is 5.28. The van der Waals surface area contributed by atoms with Crippen LogP contribution in [0, 0.1) is 0 Å². The quantitative estimate of drug-likeness (QED) is 0.551. The van der Waals surface area contributed by atoms with E-state index in [1.54, 1.807) is 12.3 Å². The van der Waals surface area contributed by atoms with Gasteiger partial charge in [0, 0.05) is 18.2 Å². The van der Waals surface area contributed by atoms with Crippen LogP contribution in [-0.2, 0) is 4.79 Å². The maximum absolute atomic E-state index is 11.9. The van der Waals surface area contributed by atoms with Crippen molar-refractivity contribution >= 4 is 30.7 Å². The van der Waals surface area contributed by atoms with E-state index in [1.165, 1.54) is 6.20 Å². The fourth-order valence-corrected chi connectivity index (χ4v) is 1.47. The zero-order chi connectivity index (χ0) is 16.0. The maximum atomic E-state index is 11.9. The first-order valence-corrected chi connectivity index (χ1v) is 6.89. The van der Waals surface area contributed by atoms with Gasteiger partial charge in [-0.2, -0.15) is 12.6 Å². The summed E-state index contributed by atoms with van der Waals surface area (Å²) in [7, 11) is 0. The number of hydrogen-bond donors (Lipinski definition) is 3. The molecule has 0 fully saturated rings. The van der Waals surface area contributed by atoms with Gasteiger partial charge in [-0.15, -0.1) is 0 Å². The van der Waals surface area contributed by atoms with E-state index < -0.39 is 17.9 Å². The number of aromatic nitrogens is 2. The van der Waals surface area contributed by atoms with Crippen molar-refractivity contribution in [1.82, 2.24) is 15.3 Å². The minimum Gasteiger partial charge on any atom is -0.480 e. The fraction of sp³-hybridized carbons (Fsp3) is 0.462. The van der Waals surface area contributed by atoms with Crippen molar-refractivity contribution in [2.24, 2.45) is 4.99 Å². The Labute approximate surface area is 128 Å². The van der Waals surface area contributed by atoms with E-state index in [-0.39, 0.29) is 17.1 Å². The lowest BCUT2D eigenvalue weighted by Crippen LogP contribution is -2.42. The lowest BCUT2D eigenvalue weighted by atomic mass is 10.1. The van der Waals surface area contributed by atoms with Gasteiger partial charge in [0.05, 0.1) is 11.2 Å². The lowest BCUT2D eigenvalue weighted by molar-refractivity contribution is -0.138. The van der Waals surface area contributed by atoms with Crippen LogP contribution in [0.3, 0.4) is 0 Å². The second kappa shape index (κ2) is 7.16. The summed E-state index contributed by atoms with van der Waals surface area (Å²) in [4.78, 5) is 34.9. The minimum atomic E-state index is -1.16. The molecule has 0 spiro atoms. The molecule has 0 aromatic carbocycles. The third kappa shape index (κ3) is 5.90. The Morgan fingerprint density at radius 2 is 2.19 bits per heavy atom. The number of carboxylic acid groups (broad SMARTS) is 1. The second-order valence-corrected chi connectivity index (χ2v) is 5.65. The van der Waals surface area contributed by atoms with Crippen molar-refractivity contribution in [3.05, 3.63) is 23.8 Å². The van der Waals surface area contributed by atoms with Crippen LogP contribution < -0.4 is 5.32 Å². The topological polar surface area (TPSA) is 105 Å². The van der Waals surface area contributed by atoms with Gasteiger partial charge in [0.15, 0.2) is 0 Å². The van der Waals surface area contributed by atoms with Gasteiger partial charge < -0.3 is 10.4 Å². The Balaban J connectivity index is 2.87. The van der Waals surface area contributed by atoms with Crippen LogP contribution in [0.4, 0.5) is 0 Å². The summed E-state index contributed by atoms with van der Waals surface area (Å²) in [6, 6.07) is 0.524. The van der Waals surface area contributed by atoms with Gasteiger partial charge in [-0.3, -0.25) is 9.79 Å². The van der Waals surface area contributed by atoms with Crippen LogP contribution in [0.15, 0.2) is 17.3 Å². The molecular formula is C13H18N4O3S. The van der Waals surface area contributed by atoms with Gasteiger partial charge in [-0.05, 0) is 26.8 Å². The van der Waals surface area contributed by atoms with E-state index in [9.17, 15) is 9.59 Å². The number of hydrogen-bond acceptors (Lipinski definition) is 6. The SMILES string of the molecule is CC(C)(C)/N=C\c1ccnc(C(=O)NC(CS)C(=O)O)n1. The van der Waals surface area contributed by atoms with Crippen LogP contribution >= 0.6 is 12.6 Å². The summed E-state index contributed by atoms with van der Waals surface area (Å²) in [6.07, 6.45) is 2.97. The monoisotopic (exact) mass is 310 g/mol. The number of nitrogens with zero attached hydrogens (tertiary/aromatic N) is 3. The molecule has 1 atom stereocenters. The van der Waals surface area contributed by atoms with Crippen molar-refractivity contribution in [2.45, 2.75) is 32.4 Å². The van der Waals surface area contributed by atoms with Gasteiger partial charge in [0.2, 0.25) is 5.82 Å². The van der Waals surface area contributed by atoms with Crippen LogP contribution in [0.1, 0.15) is 37.1 Å². The van der Waals surface area contributed by atoms with Crippen LogP contribution in [0.2, 0.25) is 0 Å². The lowest BCUT2D eigenvalue weighted by Gasteiger charge is -2.11. The molecule has 0 aliphatic carbocycles. The summed E-state index contributed by atoms with van der Waals surface area (Å²) >= 11 is 3.87. The maximum Gasteiger partial charge on any atom is 0.327 e. The number of nitrogens with one attached hydrogen (secondary N) is 1. The molecule has 1 heterocycles. The van der Waals surface area contributed by atoms with E-state index in [2.05, 4.69) is 32.9 Å². The predicted molar refractivity (Wildman–Crippen MR) is 82.1 cm³/mol. The Morgan fingerprint density at radius 1 is 1.52 bits per heavy atom. The van der Waals surface area contributed by atoms with E-state index in [1.807, 2.05) is 20.8 Å². The molecule has 1 unspecified atom stereocenters. The highest BCUT2D eigenvalue weighted by Crippen LogP contribution is 2.06. The fourth-order valence-electron chi connectivity index (χ4n) is 1.22. The standard InChI is InChI=1S/C13H18N4O3S/c1-13(2,3)15-6-8-4-5-14-10(16-8)11(18)17-9(7-21)12(19)20/h4-6,9,21H,7H2,1-3H3,(H,17,18)(H,19,20)/b15-6-. The van der Waals surface area contributed by atoms with Crippen molar-refractivity contribution in [2.75, 3.05) is 5.75 Å². The zero-order valence-corrected chi connectivity index (χ0v) is 13.0. The third-order valence-corrected chi connectivity index (χ3v) is 2.62. The van der Waals surface area contributed by atoms with Crippen molar-refractivity contribution < 1.29 is 14.7 Å². The molecule has 1 amide bonds. The number of carboxylic acids is 1. The molecule has 0 aliphatic rings. The van der Waals surface area contributed by atoms with E-state index in [0.717, 1.165) is 0 Å². The first-order chi connectivity index (χ1) is 9.73. The zero-order valence-electron chi connectivity index (χ0n) is 12.1. The Bertz CT molecular complexity index is 555. The highest BCUT2D eigenvalue weighted by atomic mass is 32.1. The van der Waals surface area contributed by atoms with Crippen LogP contribution in [0.5, 0.6) is 0 Å². The Hall–Kier alpha value is -1.96. The molecule has 21 heavy (non-hydrogen) atoms. The molecule has 1 aromatic rings. The molecule has 0 radical (unpaired) electrons. The molecule has 0 bridgehead atoms. The summed E-state index contributed by atoms with van der Waals surface area (Å²) in [5, 5.41) is 11.2. The van der Waals surface area contributed by atoms with Crippen molar-refractivity contribution in [3.63, 3.8) is 0 Å². The molecular weight excluding hydrogens is 292 g/mol. The number of carbonyl (C=O) groups excluding carboxylic acids is 1. The van der Waals surface area contributed by atoms with Gasteiger partial charge in [0.1, 0.15) is 6.04 Å². The largest absolute Gasteiger partial charge is 0.480 e. The Kier molecular flexibility index (Phi) is 5.83. The number of aliphatic carboxylic acids is 1. The first kappa shape index (κ1) is 17.1. The van der Waals surface area contributed by atoms with Crippen LogP contribution in [-0.4, -0.2) is 50.5 Å². The summed E-state index contributed by atoms with van der Waals surface area (Å²) < 4.78 is 0. The number of rotatable bonds is 5. The molecule has 114 valence electrons. The number of amides is 1. The van der Waals surface area contributed by atoms with Gasteiger partial charge in [-0.1, -0.05) is 0 Å². The molecule has 1 rings (SSSR count). The summed E-state index contributed by atoms with van der Waals surface area (Å²) in [6.45, 7) is 5.80. The molecule has 0 saturated carbocycles. The van der Waals surface area contributed by atoms with Gasteiger partial charge in [-0.25, -0.2) is 14.8 Å². The van der Waals surface area contributed by atoms with E-state index >= 15 is 0 Å². The molecule has 0 aliphatic heterocycles. The molecule has 7 nitrogen and oxygen atoms in total. The summed E-state index contributed by atoms with van der Waals surface area (Å²) in [5.74, 6) is -1.96. The average Bonchev–Trinajstić information content (AvgIpc) is 2.41. The number of carbonyl (C=O) groups is 2. The van der Waals surface area contributed by atoms with Crippen molar-refractivity contribution in [1.29, 1.82) is 0 Å². The van der Waals surface area contributed by atoms with E-state index in [4.69, 9.17) is 5.11 Å². The van der Waals surface area contributed by atoms with Gasteiger partial charge >= 0.3 is 5.97 Å². The van der Waals surface area contributed by atoms with E-state index in [0.29, 0.717) is 5.69 Å². The normalized spacial score (nSPS) is 13.1. The summed E-state index contributed by atoms with van der Waals surface area (Å²) in [5.41, 5.74) is 0.219. The van der Waals surface area contributed by atoms with Crippen LogP contribution in [0.25, 0.3) is 0 Å². The smallest absolute Gasteiger partial charge is 0.327 e. The number of aliphatic imine (C=N–C) groups is 1. The first-order valence-electron chi connectivity index (χ1n) is 6.26. The minimum absolute atomic E-state index is 0.0216. The highest BCUT2D eigenvalue weighted by Gasteiger charge is 2.20. The molecule has 0 saturated heterocycles. The Morgan fingerprint density at radius 3 is 2.71 bits per heavy atom. The molecule has 8 heteroatoms. The third-order valence-electron chi connectivity index (χ3n) is 2.25. The predicted octanol–water partition coefficient (Wildman–Crippen LogP) is 0.807.